The van der Waals surface area contributed by atoms with E-state index in [1.165, 1.54) is 16.8 Å². The molecule has 1 aromatic heterocycles. The van der Waals surface area contributed by atoms with Crippen molar-refractivity contribution in [1.29, 1.82) is 0 Å². The Morgan fingerprint density at radius 2 is 1.94 bits per heavy atom. The van der Waals surface area contributed by atoms with Gasteiger partial charge in [0.2, 0.25) is 0 Å². The molecular formula is C16H16N2. The van der Waals surface area contributed by atoms with Crippen LogP contribution >= 0.6 is 0 Å². The number of rotatable bonds is 2. The molecule has 90 valence electrons. The largest absolute Gasteiger partial charge is 0.361 e. The first-order valence-electron chi connectivity index (χ1n) is 6.24. The van der Waals surface area contributed by atoms with Gasteiger partial charge in [-0.15, -0.1) is 0 Å². The molecule has 0 unspecified atom stereocenters. The lowest BCUT2D eigenvalue weighted by atomic mass is 10.0. The summed E-state index contributed by atoms with van der Waals surface area (Å²) in [7, 11) is 0. The maximum Gasteiger partial charge on any atom is 0.0605 e. The summed E-state index contributed by atoms with van der Waals surface area (Å²) in [6.45, 7) is 4.03. The lowest BCUT2D eigenvalue weighted by molar-refractivity contribution is 0.814. The van der Waals surface area contributed by atoms with Crippen molar-refractivity contribution < 1.29 is 0 Å². The monoisotopic (exact) mass is 236 g/mol. The molecule has 0 spiro atoms. The number of hydrogen-bond acceptors (Lipinski definition) is 2. The quantitative estimate of drug-likeness (QED) is 0.793. The minimum absolute atomic E-state index is 0.864. The van der Waals surface area contributed by atoms with E-state index in [2.05, 4.69) is 53.2 Å². The number of nitrogens with zero attached hydrogens (tertiary/aromatic N) is 2. The van der Waals surface area contributed by atoms with E-state index < -0.39 is 0 Å². The number of anilines is 1. The average molecular weight is 236 g/mol. The highest BCUT2D eigenvalue weighted by atomic mass is 15.1. The van der Waals surface area contributed by atoms with Crippen molar-refractivity contribution in [3.8, 4) is 0 Å². The third kappa shape index (κ3) is 2.14. The van der Waals surface area contributed by atoms with Gasteiger partial charge in [-0.05, 0) is 30.7 Å². The molecule has 1 aromatic carbocycles. The van der Waals surface area contributed by atoms with Crippen LogP contribution in [0.1, 0.15) is 18.2 Å². The first-order valence-corrected chi connectivity index (χ1v) is 6.24. The predicted octanol–water partition coefficient (Wildman–Crippen LogP) is 3.51. The highest BCUT2D eigenvalue weighted by Crippen LogP contribution is 2.29. The van der Waals surface area contributed by atoms with Gasteiger partial charge in [-0.2, -0.15) is 0 Å². The lowest BCUT2D eigenvalue weighted by Gasteiger charge is -2.30. The molecule has 1 aliphatic rings. The molecule has 1 aliphatic heterocycles. The Morgan fingerprint density at radius 3 is 2.78 bits per heavy atom. The molecule has 0 amide bonds. The minimum Gasteiger partial charge on any atom is -0.361 e. The van der Waals surface area contributed by atoms with E-state index in [9.17, 15) is 0 Å². The van der Waals surface area contributed by atoms with Crippen molar-refractivity contribution in [3.63, 3.8) is 0 Å². The van der Waals surface area contributed by atoms with Crippen molar-refractivity contribution >= 4 is 11.8 Å². The Labute approximate surface area is 108 Å². The number of fused-ring (bicyclic) bond motifs is 1. The molecule has 2 aromatic rings. The second kappa shape index (κ2) is 4.65. The summed E-state index contributed by atoms with van der Waals surface area (Å²) in [6.07, 6.45) is 4.12. The Balaban J connectivity index is 1.92. The summed E-state index contributed by atoms with van der Waals surface area (Å²) in [4.78, 5) is 6.79. The van der Waals surface area contributed by atoms with Crippen LogP contribution in [0.4, 0.5) is 5.69 Å². The number of hydrogen-bond donors (Lipinski definition) is 0. The van der Waals surface area contributed by atoms with Gasteiger partial charge < -0.3 is 4.90 Å². The summed E-state index contributed by atoms with van der Waals surface area (Å²) >= 11 is 0. The lowest BCUT2D eigenvalue weighted by Crippen LogP contribution is -2.27. The van der Waals surface area contributed by atoms with Gasteiger partial charge in [-0.25, -0.2) is 0 Å². The van der Waals surface area contributed by atoms with Gasteiger partial charge in [0.05, 0.1) is 12.2 Å². The third-order valence-electron chi connectivity index (χ3n) is 3.20. The van der Waals surface area contributed by atoms with Crippen LogP contribution in [-0.4, -0.2) is 11.5 Å². The SMILES string of the molecule is CC1=Cc2ccccc2N(Cc2ccccn2)C1. The second-order valence-corrected chi connectivity index (χ2v) is 4.73. The highest BCUT2D eigenvalue weighted by Gasteiger charge is 2.15. The molecule has 18 heavy (non-hydrogen) atoms. The second-order valence-electron chi connectivity index (χ2n) is 4.73. The molecular weight excluding hydrogens is 220 g/mol. The van der Waals surface area contributed by atoms with Crippen molar-refractivity contribution in [2.45, 2.75) is 13.5 Å². The van der Waals surface area contributed by atoms with Crippen LogP contribution in [-0.2, 0) is 6.54 Å². The summed E-state index contributed by atoms with van der Waals surface area (Å²) in [5.74, 6) is 0. The van der Waals surface area contributed by atoms with Crippen LogP contribution in [0.3, 0.4) is 0 Å². The molecule has 0 radical (unpaired) electrons. The summed E-state index contributed by atoms with van der Waals surface area (Å²) in [5.41, 5.74) is 5.11. The summed E-state index contributed by atoms with van der Waals surface area (Å²) < 4.78 is 0. The Kier molecular flexibility index (Phi) is 2.85. The van der Waals surface area contributed by atoms with Gasteiger partial charge >= 0.3 is 0 Å². The maximum atomic E-state index is 4.41. The number of pyridine rings is 1. The number of aromatic nitrogens is 1. The Hall–Kier alpha value is -2.09. The summed E-state index contributed by atoms with van der Waals surface area (Å²) in [6, 6.07) is 14.6. The number of benzene rings is 1. The van der Waals surface area contributed by atoms with Crippen molar-refractivity contribution in [2.24, 2.45) is 0 Å². The van der Waals surface area contributed by atoms with E-state index in [1.54, 1.807) is 0 Å². The first kappa shape index (κ1) is 11.0. The molecule has 0 saturated carbocycles. The normalized spacial score (nSPS) is 14.1. The molecule has 0 atom stereocenters. The highest BCUT2D eigenvalue weighted by molar-refractivity contribution is 5.73. The van der Waals surface area contributed by atoms with Gasteiger partial charge in [0, 0.05) is 18.4 Å². The van der Waals surface area contributed by atoms with Gasteiger partial charge in [0.1, 0.15) is 0 Å². The molecule has 0 bridgehead atoms. The van der Waals surface area contributed by atoms with E-state index in [0.29, 0.717) is 0 Å². The fraction of sp³-hybridized carbons (Fsp3) is 0.188. The number of para-hydroxylation sites is 1. The topological polar surface area (TPSA) is 16.1 Å². The van der Waals surface area contributed by atoms with E-state index in [-0.39, 0.29) is 0 Å². The van der Waals surface area contributed by atoms with Crippen molar-refractivity contribution in [3.05, 3.63) is 65.5 Å². The third-order valence-corrected chi connectivity index (χ3v) is 3.20. The fourth-order valence-corrected chi connectivity index (χ4v) is 2.42. The maximum absolute atomic E-state index is 4.41. The Morgan fingerprint density at radius 1 is 1.11 bits per heavy atom. The molecule has 2 heteroatoms. The molecule has 0 fully saturated rings. The van der Waals surface area contributed by atoms with E-state index in [0.717, 1.165) is 18.8 Å². The van der Waals surface area contributed by atoms with Gasteiger partial charge in [0.25, 0.3) is 0 Å². The van der Waals surface area contributed by atoms with Crippen molar-refractivity contribution in [1.82, 2.24) is 4.98 Å². The van der Waals surface area contributed by atoms with Crippen LogP contribution < -0.4 is 4.90 Å². The summed E-state index contributed by atoms with van der Waals surface area (Å²) in [5, 5.41) is 0. The fourth-order valence-electron chi connectivity index (χ4n) is 2.42. The zero-order chi connectivity index (χ0) is 12.4. The minimum atomic E-state index is 0.864. The van der Waals surface area contributed by atoms with Crippen LogP contribution in [0.2, 0.25) is 0 Å². The van der Waals surface area contributed by atoms with Crippen LogP contribution in [0.5, 0.6) is 0 Å². The molecule has 0 saturated heterocycles. The average Bonchev–Trinajstić information content (AvgIpc) is 2.40. The molecule has 0 aliphatic carbocycles. The van der Waals surface area contributed by atoms with E-state index >= 15 is 0 Å². The van der Waals surface area contributed by atoms with Crippen LogP contribution in [0.25, 0.3) is 6.08 Å². The smallest absolute Gasteiger partial charge is 0.0605 e. The van der Waals surface area contributed by atoms with Gasteiger partial charge in [0.15, 0.2) is 0 Å². The molecule has 2 nitrogen and oxygen atoms in total. The van der Waals surface area contributed by atoms with E-state index in [1.807, 2.05) is 18.3 Å². The molecule has 3 rings (SSSR count). The van der Waals surface area contributed by atoms with Gasteiger partial charge in [-0.3, -0.25) is 4.98 Å². The predicted molar refractivity (Wildman–Crippen MR) is 75.4 cm³/mol. The molecule has 2 heterocycles. The van der Waals surface area contributed by atoms with Crippen LogP contribution in [0, 0.1) is 0 Å². The van der Waals surface area contributed by atoms with Gasteiger partial charge in [-0.1, -0.05) is 35.9 Å². The zero-order valence-electron chi connectivity index (χ0n) is 10.5. The Bertz CT molecular complexity index is 573. The van der Waals surface area contributed by atoms with Crippen molar-refractivity contribution in [2.75, 3.05) is 11.4 Å². The zero-order valence-corrected chi connectivity index (χ0v) is 10.5. The van der Waals surface area contributed by atoms with Crippen LogP contribution in [0.15, 0.2) is 54.2 Å². The standard InChI is InChI=1S/C16H16N2/c1-13-10-14-6-2-3-8-16(14)18(11-13)12-15-7-4-5-9-17-15/h2-10H,11-12H2,1H3. The molecule has 0 N–H and O–H groups in total. The van der Waals surface area contributed by atoms with E-state index in [4.69, 9.17) is 0 Å². The first-order chi connectivity index (χ1) is 8.83.